The van der Waals surface area contributed by atoms with Gasteiger partial charge in [0.25, 0.3) is 0 Å². The van der Waals surface area contributed by atoms with Gasteiger partial charge in [-0.15, -0.1) is 0 Å². The maximum absolute atomic E-state index is 13.7. The Kier molecular flexibility index (Phi) is 8.89. The van der Waals surface area contributed by atoms with Crippen LogP contribution in [0.5, 0.6) is 0 Å². The Morgan fingerprint density at radius 3 is 1.93 bits per heavy atom. The van der Waals surface area contributed by atoms with Gasteiger partial charge in [0.15, 0.2) is 0 Å². The Bertz CT molecular complexity index is 1280. The number of aryl methyl sites for hydroxylation is 1. The van der Waals surface area contributed by atoms with E-state index in [1.807, 2.05) is 20.8 Å². The highest BCUT2D eigenvalue weighted by atomic mass is 35.5. The SMILES string of the molecule is Cc1cc([C@H]2C(C(C)(C)C)N(C(=O)O)CC[C@H]2N(C)C(=O)N(C)c2cc(C(F)(F)F)cc(C(F)(F)F)c2)ccc1Cl. The van der Waals surface area contributed by atoms with Crippen LogP contribution in [0.2, 0.25) is 5.02 Å². The zero-order chi connectivity index (χ0) is 31.2. The molecule has 1 saturated heterocycles. The summed E-state index contributed by atoms with van der Waals surface area (Å²) in [5.41, 5.74) is -2.86. The maximum Gasteiger partial charge on any atom is 0.416 e. The predicted octanol–water partition coefficient (Wildman–Crippen LogP) is 8.12. The highest BCUT2D eigenvalue weighted by molar-refractivity contribution is 6.31. The van der Waals surface area contributed by atoms with Gasteiger partial charge in [-0.3, -0.25) is 4.90 Å². The molecule has 226 valence electrons. The van der Waals surface area contributed by atoms with Crippen molar-refractivity contribution < 1.29 is 41.0 Å². The summed E-state index contributed by atoms with van der Waals surface area (Å²) in [6, 6.07) is 4.05. The second kappa shape index (κ2) is 11.3. The zero-order valence-electron chi connectivity index (χ0n) is 23.4. The first kappa shape index (κ1) is 32.4. The van der Waals surface area contributed by atoms with E-state index in [4.69, 9.17) is 11.6 Å². The number of alkyl halides is 6. The summed E-state index contributed by atoms with van der Waals surface area (Å²) >= 11 is 6.24. The van der Waals surface area contributed by atoms with E-state index in [1.165, 1.54) is 16.8 Å². The molecule has 3 amide bonds. The number of anilines is 1. The summed E-state index contributed by atoms with van der Waals surface area (Å²) in [6.45, 7) is 7.43. The number of rotatable bonds is 3. The number of likely N-dealkylation sites (tertiary alicyclic amines) is 1. The van der Waals surface area contributed by atoms with Crippen molar-refractivity contribution in [3.63, 3.8) is 0 Å². The fourth-order valence-electron chi connectivity index (χ4n) is 5.55. The van der Waals surface area contributed by atoms with Crippen molar-refractivity contribution in [1.29, 1.82) is 0 Å². The molecule has 0 spiro atoms. The summed E-state index contributed by atoms with van der Waals surface area (Å²) < 4.78 is 80.8. The smallest absolute Gasteiger partial charge is 0.416 e. The third-order valence-electron chi connectivity index (χ3n) is 7.50. The molecular weight excluding hydrogens is 576 g/mol. The average Bonchev–Trinajstić information content (AvgIpc) is 2.86. The van der Waals surface area contributed by atoms with Gasteiger partial charge in [-0.1, -0.05) is 44.5 Å². The van der Waals surface area contributed by atoms with E-state index in [1.54, 1.807) is 25.1 Å². The number of carbonyl (C=O) groups excluding carboxylic acids is 1. The normalized spacial score (nSPS) is 20.1. The molecule has 2 aromatic rings. The largest absolute Gasteiger partial charge is 0.465 e. The quantitative estimate of drug-likeness (QED) is 0.358. The third kappa shape index (κ3) is 6.85. The minimum atomic E-state index is -5.08. The lowest BCUT2D eigenvalue weighted by Gasteiger charge is -2.52. The van der Waals surface area contributed by atoms with Crippen LogP contribution in [0.4, 0.5) is 41.6 Å². The van der Waals surface area contributed by atoms with Gasteiger partial charge in [0.2, 0.25) is 0 Å². The van der Waals surface area contributed by atoms with Crippen molar-refractivity contribution >= 4 is 29.4 Å². The van der Waals surface area contributed by atoms with Gasteiger partial charge in [-0.2, -0.15) is 26.3 Å². The van der Waals surface area contributed by atoms with E-state index in [0.29, 0.717) is 22.7 Å². The molecule has 3 rings (SSSR count). The summed E-state index contributed by atoms with van der Waals surface area (Å²) in [4.78, 5) is 29.3. The lowest BCUT2D eigenvalue weighted by molar-refractivity contribution is -0.143. The molecule has 6 nitrogen and oxygen atoms in total. The first-order valence-electron chi connectivity index (χ1n) is 12.7. The molecule has 1 heterocycles. The summed E-state index contributed by atoms with van der Waals surface area (Å²) in [7, 11) is 2.51. The van der Waals surface area contributed by atoms with Crippen LogP contribution in [0.25, 0.3) is 0 Å². The number of carboxylic acid groups (broad SMARTS) is 1. The van der Waals surface area contributed by atoms with Crippen LogP contribution in [-0.2, 0) is 12.4 Å². The van der Waals surface area contributed by atoms with E-state index >= 15 is 0 Å². The van der Waals surface area contributed by atoms with E-state index in [-0.39, 0.29) is 19.0 Å². The van der Waals surface area contributed by atoms with Gasteiger partial charge in [0, 0.05) is 49.4 Å². The van der Waals surface area contributed by atoms with E-state index < -0.39 is 64.7 Å². The monoisotopic (exact) mass is 607 g/mol. The van der Waals surface area contributed by atoms with E-state index in [9.17, 15) is 41.0 Å². The van der Waals surface area contributed by atoms with Crippen molar-refractivity contribution in [2.45, 2.75) is 64.5 Å². The van der Waals surface area contributed by atoms with Gasteiger partial charge in [-0.05, 0) is 54.2 Å². The molecule has 0 bridgehead atoms. The number of benzene rings is 2. The van der Waals surface area contributed by atoms with Crippen molar-refractivity contribution in [3.05, 3.63) is 63.7 Å². The number of urea groups is 1. The van der Waals surface area contributed by atoms with Crippen LogP contribution < -0.4 is 4.90 Å². The molecule has 0 aromatic heterocycles. The second-order valence-electron chi connectivity index (χ2n) is 11.4. The molecule has 13 heteroatoms. The lowest BCUT2D eigenvalue weighted by Crippen LogP contribution is -2.61. The third-order valence-corrected chi connectivity index (χ3v) is 7.93. The molecule has 3 atom stereocenters. The molecule has 0 saturated carbocycles. The number of nitrogens with zero attached hydrogens (tertiary/aromatic N) is 3. The summed E-state index contributed by atoms with van der Waals surface area (Å²) in [5.74, 6) is -0.592. The molecule has 1 fully saturated rings. The van der Waals surface area contributed by atoms with Gasteiger partial charge in [0.1, 0.15) is 0 Å². The predicted molar refractivity (Wildman–Crippen MR) is 143 cm³/mol. The Balaban J connectivity index is 2.11. The number of halogens is 7. The highest BCUT2D eigenvalue weighted by Crippen LogP contribution is 2.45. The Hall–Kier alpha value is -3.15. The Morgan fingerprint density at radius 1 is 0.951 bits per heavy atom. The number of amides is 3. The fraction of sp³-hybridized carbons (Fsp3) is 0.500. The first-order chi connectivity index (χ1) is 18.6. The molecule has 1 aliphatic heterocycles. The maximum atomic E-state index is 13.7. The van der Waals surface area contributed by atoms with Crippen molar-refractivity contribution in [1.82, 2.24) is 9.80 Å². The van der Waals surface area contributed by atoms with Crippen LogP contribution >= 0.6 is 11.6 Å². The zero-order valence-corrected chi connectivity index (χ0v) is 24.1. The average molecular weight is 608 g/mol. The molecule has 1 N–H and O–H groups in total. The first-order valence-corrected chi connectivity index (χ1v) is 13.1. The van der Waals surface area contributed by atoms with E-state index in [2.05, 4.69) is 0 Å². The van der Waals surface area contributed by atoms with Gasteiger partial charge in [0.05, 0.1) is 11.1 Å². The second-order valence-corrected chi connectivity index (χ2v) is 11.8. The van der Waals surface area contributed by atoms with Crippen molar-refractivity contribution in [2.75, 3.05) is 25.5 Å². The number of hydrogen-bond acceptors (Lipinski definition) is 2. The topological polar surface area (TPSA) is 64.1 Å². The number of hydrogen-bond donors (Lipinski definition) is 1. The molecule has 0 radical (unpaired) electrons. The number of piperidine rings is 1. The number of likely N-dealkylation sites (N-methyl/N-ethyl adjacent to an activating group) is 1. The molecular formula is C28H32ClF6N3O3. The fourth-order valence-corrected chi connectivity index (χ4v) is 5.67. The standard InChI is InChI=1S/C28H32ClF6N3O3/c1-15-11-16(7-8-20(15)29)22-21(9-10-38(25(40)41)23(22)26(2,3)4)37(6)24(39)36(5)19-13-17(27(30,31)32)12-18(14-19)28(33,34)35/h7-8,11-14,21-23H,9-10H2,1-6H3,(H,40,41)/t21-,22-,23?/m1/s1. The van der Waals surface area contributed by atoms with Crippen LogP contribution in [0.1, 0.15) is 55.4 Å². The highest BCUT2D eigenvalue weighted by Gasteiger charge is 2.49. The van der Waals surface area contributed by atoms with Crippen molar-refractivity contribution in [2.24, 2.45) is 5.41 Å². The Morgan fingerprint density at radius 2 is 1.49 bits per heavy atom. The van der Waals surface area contributed by atoms with Crippen LogP contribution in [-0.4, -0.2) is 59.8 Å². The molecule has 1 aliphatic rings. The Labute approximate surface area is 239 Å². The molecule has 1 unspecified atom stereocenters. The van der Waals surface area contributed by atoms with Crippen LogP contribution in [0.15, 0.2) is 36.4 Å². The van der Waals surface area contributed by atoms with Crippen LogP contribution in [0.3, 0.4) is 0 Å². The molecule has 41 heavy (non-hydrogen) atoms. The minimum absolute atomic E-state index is 0.0000200. The van der Waals surface area contributed by atoms with Gasteiger partial charge < -0.3 is 14.9 Å². The minimum Gasteiger partial charge on any atom is -0.465 e. The number of carbonyl (C=O) groups is 2. The van der Waals surface area contributed by atoms with Gasteiger partial charge in [-0.25, -0.2) is 9.59 Å². The van der Waals surface area contributed by atoms with E-state index in [0.717, 1.165) is 17.5 Å². The lowest BCUT2D eigenvalue weighted by atomic mass is 9.69. The van der Waals surface area contributed by atoms with Gasteiger partial charge >= 0.3 is 24.5 Å². The molecule has 2 aromatic carbocycles. The summed E-state index contributed by atoms with van der Waals surface area (Å²) in [6.07, 6.45) is -11.1. The van der Waals surface area contributed by atoms with Crippen molar-refractivity contribution in [3.8, 4) is 0 Å². The van der Waals surface area contributed by atoms with Crippen LogP contribution in [0, 0.1) is 12.3 Å². The summed E-state index contributed by atoms with van der Waals surface area (Å²) in [5, 5.41) is 10.5. The molecule has 0 aliphatic carbocycles.